The van der Waals surface area contributed by atoms with Crippen LogP contribution in [0.25, 0.3) is 0 Å². The van der Waals surface area contributed by atoms with Gasteiger partial charge < -0.3 is 24.7 Å². The van der Waals surface area contributed by atoms with Crippen molar-refractivity contribution in [2.24, 2.45) is 4.99 Å². The Morgan fingerprint density at radius 3 is 2.85 bits per heavy atom. The molecule has 0 aliphatic carbocycles. The van der Waals surface area contributed by atoms with Crippen LogP contribution in [-0.4, -0.2) is 67.3 Å². The molecular formula is C18H35IN6O2. The van der Waals surface area contributed by atoms with Gasteiger partial charge in [-0.15, -0.1) is 34.2 Å². The van der Waals surface area contributed by atoms with E-state index in [1.807, 2.05) is 0 Å². The average molecular weight is 494 g/mol. The summed E-state index contributed by atoms with van der Waals surface area (Å²) in [6.07, 6.45) is 6.55. The number of rotatable bonds is 11. The molecule has 2 rings (SSSR count). The maximum absolute atomic E-state index is 5.46. The van der Waals surface area contributed by atoms with Crippen LogP contribution in [0.5, 0.6) is 0 Å². The van der Waals surface area contributed by atoms with Gasteiger partial charge in [0, 0.05) is 52.7 Å². The summed E-state index contributed by atoms with van der Waals surface area (Å²) in [4.78, 5) is 4.59. The fourth-order valence-electron chi connectivity index (χ4n) is 2.97. The number of aliphatic imine (C=N–C) groups is 1. The largest absolute Gasteiger partial charge is 0.382 e. The number of hydrogen-bond donors (Lipinski definition) is 2. The number of guanidine groups is 1. The number of aryl methyl sites for hydroxylation is 1. The SMILES string of the molecule is CCNC(=NCCCOCCOC)NCCc1nnc2n1CCCCC2.I. The molecule has 0 amide bonds. The minimum absolute atomic E-state index is 0. The Hall–Kier alpha value is -0.940. The molecule has 0 spiro atoms. The van der Waals surface area contributed by atoms with Gasteiger partial charge in [0.2, 0.25) is 0 Å². The minimum Gasteiger partial charge on any atom is -0.382 e. The summed E-state index contributed by atoms with van der Waals surface area (Å²) in [6, 6.07) is 0. The molecule has 0 aromatic carbocycles. The molecule has 27 heavy (non-hydrogen) atoms. The Morgan fingerprint density at radius 1 is 1.15 bits per heavy atom. The van der Waals surface area contributed by atoms with Crippen LogP contribution in [-0.2, 0) is 28.9 Å². The highest BCUT2D eigenvalue weighted by Gasteiger charge is 2.14. The molecule has 0 atom stereocenters. The molecule has 0 bridgehead atoms. The molecule has 2 N–H and O–H groups in total. The molecule has 1 aliphatic rings. The van der Waals surface area contributed by atoms with E-state index in [1.54, 1.807) is 7.11 Å². The third-order valence-electron chi connectivity index (χ3n) is 4.32. The monoisotopic (exact) mass is 494 g/mol. The third-order valence-corrected chi connectivity index (χ3v) is 4.32. The zero-order valence-corrected chi connectivity index (χ0v) is 19.0. The molecule has 0 saturated heterocycles. The molecule has 2 heterocycles. The van der Waals surface area contributed by atoms with E-state index in [1.165, 1.54) is 19.3 Å². The van der Waals surface area contributed by atoms with Crippen molar-refractivity contribution in [1.82, 2.24) is 25.4 Å². The van der Waals surface area contributed by atoms with Gasteiger partial charge >= 0.3 is 0 Å². The van der Waals surface area contributed by atoms with E-state index in [9.17, 15) is 0 Å². The first-order valence-electron chi connectivity index (χ1n) is 9.85. The molecule has 0 unspecified atom stereocenters. The zero-order valence-electron chi connectivity index (χ0n) is 16.7. The fourth-order valence-corrected chi connectivity index (χ4v) is 2.97. The normalized spacial score (nSPS) is 14.2. The van der Waals surface area contributed by atoms with Crippen LogP contribution < -0.4 is 10.6 Å². The second-order valence-electron chi connectivity index (χ2n) is 6.39. The Bertz CT molecular complexity index is 538. The standard InChI is InChI=1S/C18H34N6O2.HI/c1-3-19-18(20-10-7-13-26-15-14-25-2)21-11-9-17-23-22-16-8-5-4-6-12-24(16)17;/h3-15H2,1-2H3,(H2,19,20,21);1H. The maximum atomic E-state index is 5.46. The predicted octanol–water partition coefficient (Wildman–Crippen LogP) is 1.77. The van der Waals surface area contributed by atoms with Crippen molar-refractivity contribution in [3.63, 3.8) is 0 Å². The second kappa shape index (κ2) is 15.0. The van der Waals surface area contributed by atoms with Crippen molar-refractivity contribution in [2.75, 3.05) is 46.6 Å². The van der Waals surface area contributed by atoms with Crippen LogP contribution in [0, 0.1) is 0 Å². The van der Waals surface area contributed by atoms with Gasteiger partial charge in [0.25, 0.3) is 0 Å². The van der Waals surface area contributed by atoms with Crippen LogP contribution in [0.2, 0.25) is 0 Å². The quantitative estimate of drug-likeness (QED) is 0.211. The van der Waals surface area contributed by atoms with Crippen LogP contribution in [0.4, 0.5) is 0 Å². The summed E-state index contributed by atoms with van der Waals surface area (Å²) in [5.41, 5.74) is 0. The highest BCUT2D eigenvalue weighted by atomic mass is 127. The number of ether oxygens (including phenoxy) is 2. The molecule has 0 fully saturated rings. The van der Waals surface area contributed by atoms with Crippen molar-refractivity contribution in [3.05, 3.63) is 11.6 Å². The van der Waals surface area contributed by atoms with E-state index in [2.05, 4.69) is 37.3 Å². The summed E-state index contributed by atoms with van der Waals surface area (Å²) in [5.74, 6) is 3.07. The van der Waals surface area contributed by atoms with Gasteiger partial charge in [0.1, 0.15) is 11.6 Å². The molecule has 9 heteroatoms. The summed E-state index contributed by atoms with van der Waals surface area (Å²) in [6.45, 7) is 7.49. The van der Waals surface area contributed by atoms with E-state index in [4.69, 9.17) is 9.47 Å². The van der Waals surface area contributed by atoms with Crippen LogP contribution in [0.3, 0.4) is 0 Å². The zero-order chi connectivity index (χ0) is 18.5. The number of nitrogens with zero attached hydrogens (tertiary/aromatic N) is 4. The van der Waals surface area contributed by atoms with Gasteiger partial charge in [0.05, 0.1) is 13.2 Å². The smallest absolute Gasteiger partial charge is 0.191 e. The Labute approximate surface area is 179 Å². The molecule has 1 aliphatic heterocycles. The predicted molar refractivity (Wildman–Crippen MR) is 118 cm³/mol. The summed E-state index contributed by atoms with van der Waals surface area (Å²) in [7, 11) is 1.68. The highest BCUT2D eigenvalue weighted by Crippen LogP contribution is 2.14. The molecule has 1 aromatic heterocycles. The average Bonchev–Trinajstić information content (AvgIpc) is 2.87. The van der Waals surface area contributed by atoms with Gasteiger partial charge in [-0.1, -0.05) is 6.42 Å². The van der Waals surface area contributed by atoms with Crippen LogP contribution in [0.1, 0.15) is 44.3 Å². The lowest BCUT2D eigenvalue weighted by Gasteiger charge is -2.12. The number of fused-ring (bicyclic) bond motifs is 1. The van der Waals surface area contributed by atoms with Crippen molar-refractivity contribution >= 4 is 29.9 Å². The maximum Gasteiger partial charge on any atom is 0.191 e. The molecule has 0 saturated carbocycles. The van der Waals surface area contributed by atoms with Gasteiger partial charge in [-0.3, -0.25) is 4.99 Å². The van der Waals surface area contributed by atoms with Crippen molar-refractivity contribution in [1.29, 1.82) is 0 Å². The van der Waals surface area contributed by atoms with Gasteiger partial charge in [-0.2, -0.15) is 0 Å². The van der Waals surface area contributed by atoms with E-state index in [0.29, 0.717) is 19.8 Å². The van der Waals surface area contributed by atoms with E-state index in [-0.39, 0.29) is 24.0 Å². The van der Waals surface area contributed by atoms with E-state index < -0.39 is 0 Å². The molecule has 0 radical (unpaired) electrons. The number of hydrogen-bond acceptors (Lipinski definition) is 5. The summed E-state index contributed by atoms with van der Waals surface area (Å²) in [5, 5.41) is 15.4. The Morgan fingerprint density at radius 2 is 2.04 bits per heavy atom. The van der Waals surface area contributed by atoms with E-state index in [0.717, 1.165) is 63.0 Å². The van der Waals surface area contributed by atoms with Crippen molar-refractivity contribution < 1.29 is 9.47 Å². The van der Waals surface area contributed by atoms with Crippen molar-refractivity contribution in [3.8, 4) is 0 Å². The molecule has 8 nitrogen and oxygen atoms in total. The van der Waals surface area contributed by atoms with E-state index >= 15 is 0 Å². The lowest BCUT2D eigenvalue weighted by atomic mass is 10.2. The molecule has 156 valence electrons. The molecule has 1 aromatic rings. The lowest BCUT2D eigenvalue weighted by Crippen LogP contribution is -2.38. The van der Waals surface area contributed by atoms with Crippen molar-refractivity contribution in [2.45, 2.75) is 52.0 Å². The number of methoxy groups -OCH3 is 1. The van der Waals surface area contributed by atoms with Crippen LogP contribution >= 0.6 is 24.0 Å². The number of halogens is 1. The van der Waals surface area contributed by atoms with Gasteiger partial charge in [-0.25, -0.2) is 0 Å². The lowest BCUT2D eigenvalue weighted by molar-refractivity contribution is 0.0702. The Kier molecular flexibility index (Phi) is 13.4. The number of aromatic nitrogens is 3. The van der Waals surface area contributed by atoms with Gasteiger partial charge in [0.15, 0.2) is 5.96 Å². The minimum atomic E-state index is 0. The Balaban J connectivity index is 0.00000364. The highest BCUT2D eigenvalue weighted by molar-refractivity contribution is 14.0. The number of nitrogens with one attached hydrogen (secondary N) is 2. The first-order chi connectivity index (χ1) is 12.8. The second-order valence-corrected chi connectivity index (χ2v) is 6.39. The molecular weight excluding hydrogens is 459 g/mol. The fraction of sp³-hybridized carbons (Fsp3) is 0.833. The third kappa shape index (κ3) is 9.20. The topological polar surface area (TPSA) is 85.6 Å². The van der Waals surface area contributed by atoms with Crippen LogP contribution in [0.15, 0.2) is 4.99 Å². The summed E-state index contributed by atoms with van der Waals surface area (Å²) < 4.78 is 12.7. The first kappa shape index (κ1) is 24.1. The first-order valence-corrected chi connectivity index (χ1v) is 9.85. The summed E-state index contributed by atoms with van der Waals surface area (Å²) >= 11 is 0. The van der Waals surface area contributed by atoms with Gasteiger partial charge in [-0.05, 0) is 26.2 Å².